The van der Waals surface area contributed by atoms with Crippen molar-refractivity contribution in [2.45, 2.75) is 62.8 Å². The zero-order chi connectivity index (χ0) is 20.8. The van der Waals surface area contributed by atoms with Crippen molar-refractivity contribution in [3.05, 3.63) is 12.2 Å². The number of carbonyl (C=O) groups excluding carboxylic acids is 2. The fourth-order valence-corrected chi connectivity index (χ4v) is 8.15. The predicted molar refractivity (Wildman–Crippen MR) is 100 cm³/mol. The van der Waals surface area contributed by atoms with Crippen molar-refractivity contribution < 1.29 is 33.6 Å². The molecule has 0 unspecified atom stereocenters. The summed E-state index contributed by atoms with van der Waals surface area (Å²) >= 11 is 0. The number of rotatable bonds is 4. The van der Waals surface area contributed by atoms with Gasteiger partial charge in [0.25, 0.3) is 0 Å². The second kappa shape index (κ2) is 5.83. The lowest BCUT2D eigenvalue weighted by atomic mass is 9.59. The quantitative estimate of drug-likeness (QED) is 0.434. The highest BCUT2D eigenvalue weighted by atomic mass is 16.7. The van der Waals surface area contributed by atoms with Gasteiger partial charge in [0.05, 0.1) is 30.1 Å². The van der Waals surface area contributed by atoms with Gasteiger partial charge in [-0.1, -0.05) is 6.58 Å². The van der Waals surface area contributed by atoms with Gasteiger partial charge < -0.3 is 24.1 Å². The maximum absolute atomic E-state index is 13.3. The third kappa shape index (κ3) is 2.04. The standard InChI is InChI=1S/C22H30O7/c1-12-9-20-10-21(12,25)7-5-13(20)22-8-6-14(28-11-26-3)19(2,18(24)29-22)16(22)15(20)17(23)27-4/h13-16,25H,1,5-11H2,2-4H3/t13-,14+,15-,16-,19-,20-,21-,22-/m1/s1. The molecule has 0 radical (unpaired) electrons. The van der Waals surface area contributed by atoms with Crippen LogP contribution in [0.2, 0.25) is 0 Å². The van der Waals surface area contributed by atoms with Gasteiger partial charge in [-0.3, -0.25) is 9.59 Å². The van der Waals surface area contributed by atoms with Gasteiger partial charge in [-0.2, -0.15) is 0 Å². The van der Waals surface area contributed by atoms with Gasteiger partial charge in [0.15, 0.2) is 0 Å². The van der Waals surface area contributed by atoms with Gasteiger partial charge in [-0.25, -0.2) is 0 Å². The highest BCUT2D eigenvalue weighted by molar-refractivity contribution is 5.86. The van der Waals surface area contributed by atoms with Gasteiger partial charge in [0.2, 0.25) is 0 Å². The number of aliphatic hydroxyl groups is 1. The largest absolute Gasteiger partial charge is 0.469 e. The number of methoxy groups -OCH3 is 2. The van der Waals surface area contributed by atoms with E-state index in [1.54, 1.807) is 7.11 Å². The Kier molecular flexibility index (Phi) is 3.92. The molecule has 0 aromatic carbocycles. The molecule has 29 heavy (non-hydrogen) atoms. The van der Waals surface area contributed by atoms with E-state index in [2.05, 4.69) is 6.58 Å². The van der Waals surface area contributed by atoms with E-state index in [9.17, 15) is 14.7 Å². The van der Waals surface area contributed by atoms with E-state index in [1.807, 2.05) is 6.92 Å². The Morgan fingerprint density at radius 2 is 2.07 bits per heavy atom. The smallest absolute Gasteiger partial charge is 0.315 e. The molecule has 1 saturated heterocycles. The van der Waals surface area contributed by atoms with E-state index < -0.39 is 27.9 Å². The van der Waals surface area contributed by atoms with E-state index >= 15 is 0 Å². The topological polar surface area (TPSA) is 91.3 Å². The average molecular weight is 406 g/mol. The summed E-state index contributed by atoms with van der Waals surface area (Å²) in [5.74, 6) is -1.48. The van der Waals surface area contributed by atoms with Crippen LogP contribution >= 0.6 is 0 Å². The molecule has 1 spiro atoms. The predicted octanol–water partition coefficient (Wildman–Crippen LogP) is 1.97. The lowest BCUT2D eigenvalue weighted by Crippen LogP contribution is -2.54. The molecule has 4 saturated carbocycles. The van der Waals surface area contributed by atoms with E-state index in [0.29, 0.717) is 38.5 Å². The molecular formula is C22H30O7. The van der Waals surface area contributed by atoms with Gasteiger partial charge in [-0.05, 0) is 56.4 Å². The Labute approximate surface area is 170 Å². The molecule has 1 aliphatic heterocycles. The van der Waals surface area contributed by atoms with Crippen LogP contribution in [-0.4, -0.2) is 55.4 Å². The molecule has 160 valence electrons. The van der Waals surface area contributed by atoms with Crippen molar-refractivity contribution in [3.8, 4) is 0 Å². The van der Waals surface area contributed by atoms with Gasteiger partial charge in [0, 0.05) is 18.9 Å². The van der Waals surface area contributed by atoms with Crippen LogP contribution in [0.15, 0.2) is 12.2 Å². The molecule has 4 bridgehead atoms. The molecule has 0 aromatic rings. The first-order valence-corrected chi connectivity index (χ1v) is 10.5. The number of fused-ring (bicyclic) bond motifs is 1. The molecule has 7 heteroatoms. The lowest BCUT2D eigenvalue weighted by molar-refractivity contribution is -0.172. The fourth-order valence-electron chi connectivity index (χ4n) is 8.15. The summed E-state index contributed by atoms with van der Waals surface area (Å²) in [6.45, 7) is 6.12. The van der Waals surface area contributed by atoms with Crippen LogP contribution in [0.5, 0.6) is 0 Å². The summed E-state index contributed by atoms with van der Waals surface area (Å²) in [5, 5.41) is 11.2. The highest BCUT2D eigenvalue weighted by Gasteiger charge is 2.84. The maximum atomic E-state index is 13.3. The third-order valence-corrected chi connectivity index (χ3v) is 9.11. The van der Waals surface area contributed by atoms with Crippen molar-refractivity contribution >= 4 is 11.9 Å². The lowest BCUT2D eigenvalue weighted by Gasteiger charge is -2.46. The molecular weight excluding hydrogens is 376 g/mol. The molecule has 7 nitrogen and oxygen atoms in total. The van der Waals surface area contributed by atoms with Crippen LogP contribution in [0.1, 0.15) is 45.4 Å². The number of hydrogen-bond acceptors (Lipinski definition) is 7. The maximum Gasteiger partial charge on any atom is 0.315 e. The number of ether oxygens (including phenoxy) is 4. The molecule has 4 aliphatic carbocycles. The molecule has 5 fully saturated rings. The van der Waals surface area contributed by atoms with Crippen molar-refractivity contribution in [2.75, 3.05) is 21.0 Å². The molecule has 1 heterocycles. The Hall–Kier alpha value is -1.44. The third-order valence-electron chi connectivity index (χ3n) is 9.11. The van der Waals surface area contributed by atoms with Crippen LogP contribution < -0.4 is 0 Å². The summed E-state index contributed by atoms with van der Waals surface area (Å²) in [6.07, 6.45) is 3.31. The average Bonchev–Trinajstić information content (AvgIpc) is 3.10. The van der Waals surface area contributed by atoms with E-state index in [1.165, 1.54) is 7.11 Å². The summed E-state index contributed by atoms with van der Waals surface area (Å²) in [4.78, 5) is 26.5. The van der Waals surface area contributed by atoms with E-state index in [0.717, 1.165) is 5.57 Å². The summed E-state index contributed by atoms with van der Waals surface area (Å²) in [7, 11) is 2.94. The summed E-state index contributed by atoms with van der Waals surface area (Å²) in [6, 6.07) is 0. The highest BCUT2D eigenvalue weighted by Crippen LogP contribution is 2.78. The van der Waals surface area contributed by atoms with Crippen LogP contribution in [0.3, 0.4) is 0 Å². The summed E-state index contributed by atoms with van der Waals surface area (Å²) < 4.78 is 22.5. The van der Waals surface area contributed by atoms with Crippen LogP contribution in [0, 0.1) is 28.6 Å². The minimum atomic E-state index is -0.955. The van der Waals surface area contributed by atoms with Crippen molar-refractivity contribution in [2.24, 2.45) is 28.6 Å². The van der Waals surface area contributed by atoms with Crippen molar-refractivity contribution in [1.82, 2.24) is 0 Å². The van der Waals surface area contributed by atoms with Gasteiger partial charge >= 0.3 is 11.9 Å². The van der Waals surface area contributed by atoms with E-state index in [4.69, 9.17) is 18.9 Å². The van der Waals surface area contributed by atoms with Crippen molar-refractivity contribution in [1.29, 1.82) is 0 Å². The first kappa shape index (κ1) is 19.5. The zero-order valence-corrected chi connectivity index (χ0v) is 17.4. The van der Waals surface area contributed by atoms with Crippen LogP contribution in [0.4, 0.5) is 0 Å². The molecule has 0 aromatic heterocycles. The minimum absolute atomic E-state index is 0.0118. The zero-order valence-electron chi connectivity index (χ0n) is 17.4. The van der Waals surface area contributed by atoms with E-state index in [-0.39, 0.29) is 36.7 Å². The second-order valence-electron chi connectivity index (χ2n) is 10.0. The van der Waals surface area contributed by atoms with Crippen LogP contribution in [0.25, 0.3) is 0 Å². The normalized spacial score (nSPS) is 52.1. The summed E-state index contributed by atoms with van der Waals surface area (Å²) in [5.41, 5.74) is -2.29. The monoisotopic (exact) mass is 406 g/mol. The first-order chi connectivity index (χ1) is 13.7. The Balaban J connectivity index is 1.68. The first-order valence-electron chi connectivity index (χ1n) is 10.5. The van der Waals surface area contributed by atoms with Gasteiger partial charge in [0.1, 0.15) is 12.4 Å². The Morgan fingerprint density at radius 1 is 1.31 bits per heavy atom. The number of hydrogen-bond donors (Lipinski definition) is 1. The molecule has 5 rings (SSSR count). The second-order valence-corrected chi connectivity index (χ2v) is 10.0. The van der Waals surface area contributed by atoms with Crippen LogP contribution in [-0.2, 0) is 28.5 Å². The number of carbonyl (C=O) groups is 2. The Bertz CT molecular complexity index is 794. The molecule has 0 amide bonds. The SMILES string of the molecule is C=C1C[C@@]23C[C@]1(O)CC[C@H]2[C@@]12CC[C@H](OCOC)[C@@](C)(C(=O)O1)[C@H]2[C@@H]3C(=O)OC. The molecule has 5 aliphatic rings. The van der Waals surface area contributed by atoms with Gasteiger partial charge in [-0.15, -0.1) is 0 Å². The molecule has 1 N–H and O–H groups in total. The molecule has 8 atom stereocenters. The van der Waals surface area contributed by atoms with Crippen molar-refractivity contribution in [3.63, 3.8) is 0 Å². The Morgan fingerprint density at radius 3 is 2.76 bits per heavy atom. The fraction of sp³-hybridized carbons (Fsp3) is 0.818. The minimum Gasteiger partial charge on any atom is -0.469 e. The number of esters is 2.